The molecule has 3 rings (SSSR count). The van der Waals surface area contributed by atoms with Crippen molar-refractivity contribution < 1.29 is 19.0 Å². The van der Waals surface area contributed by atoms with Crippen molar-refractivity contribution in [1.29, 1.82) is 0 Å². The minimum absolute atomic E-state index is 0.188. The average Bonchev–Trinajstić information content (AvgIpc) is 3.17. The van der Waals surface area contributed by atoms with E-state index >= 15 is 0 Å². The van der Waals surface area contributed by atoms with Crippen LogP contribution in [0.3, 0.4) is 0 Å². The topological polar surface area (TPSA) is 41.9 Å². The van der Waals surface area contributed by atoms with Gasteiger partial charge in [-0.15, -0.1) is 0 Å². The molecule has 1 fully saturated rings. The SMILES string of the molecule is Cc1ccc(OCC(O)CN(Cc2ccc(F)cc2)CC2CCCO2)cc1C. The summed E-state index contributed by atoms with van der Waals surface area (Å²) in [5, 5.41) is 10.5. The van der Waals surface area contributed by atoms with E-state index in [0.717, 1.165) is 37.3 Å². The third kappa shape index (κ3) is 6.30. The average molecular weight is 387 g/mol. The molecule has 1 saturated heterocycles. The van der Waals surface area contributed by atoms with Gasteiger partial charge >= 0.3 is 0 Å². The summed E-state index contributed by atoms with van der Waals surface area (Å²) in [5.41, 5.74) is 3.40. The van der Waals surface area contributed by atoms with E-state index < -0.39 is 6.10 Å². The molecule has 0 bridgehead atoms. The van der Waals surface area contributed by atoms with Gasteiger partial charge in [0, 0.05) is 26.2 Å². The fourth-order valence-electron chi connectivity index (χ4n) is 3.47. The van der Waals surface area contributed by atoms with Crippen molar-refractivity contribution in [3.8, 4) is 5.75 Å². The molecule has 1 heterocycles. The molecule has 0 amide bonds. The van der Waals surface area contributed by atoms with Gasteiger partial charge < -0.3 is 14.6 Å². The van der Waals surface area contributed by atoms with Gasteiger partial charge in [-0.05, 0) is 67.6 Å². The molecule has 5 heteroatoms. The Kier molecular flexibility index (Phi) is 7.43. The molecule has 0 aliphatic carbocycles. The Morgan fingerprint density at radius 1 is 1.18 bits per heavy atom. The minimum atomic E-state index is -0.622. The zero-order chi connectivity index (χ0) is 19.9. The summed E-state index contributed by atoms with van der Waals surface area (Å²) >= 11 is 0. The van der Waals surface area contributed by atoms with E-state index in [1.54, 1.807) is 12.1 Å². The van der Waals surface area contributed by atoms with Gasteiger partial charge in [0.05, 0.1) is 6.10 Å². The second-order valence-corrected chi connectivity index (χ2v) is 7.67. The molecule has 1 aliphatic rings. The van der Waals surface area contributed by atoms with Gasteiger partial charge in [-0.2, -0.15) is 0 Å². The summed E-state index contributed by atoms with van der Waals surface area (Å²) in [4.78, 5) is 2.16. The zero-order valence-corrected chi connectivity index (χ0v) is 16.7. The summed E-state index contributed by atoms with van der Waals surface area (Å²) in [5.74, 6) is 0.530. The Morgan fingerprint density at radius 2 is 1.96 bits per heavy atom. The molecule has 2 unspecified atom stereocenters. The fraction of sp³-hybridized carbons (Fsp3) is 0.478. The highest BCUT2D eigenvalue weighted by atomic mass is 19.1. The lowest BCUT2D eigenvalue weighted by molar-refractivity contribution is 0.0313. The van der Waals surface area contributed by atoms with Crippen LogP contribution in [-0.4, -0.2) is 48.5 Å². The quantitative estimate of drug-likeness (QED) is 0.709. The van der Waals surface area contributed by atoms with Crippen LogP contribution < -0.4 is 4.74 Å². The van der Waals surface area contributed by atoms with E-state index in [-0.39, 0.29) is 18.5 Å². The number of hydrogen-bond donors (Lipinski definition) is 1. The standard InChI is InChI=1S/C23H30FNO3/c1-17-5-10-22(12-18(17)2)28-16-21(26)14-25(15-23-4-3-11-27-23)13-19-6-8-20(24)9-7-19/h5-10,12,21,23,26H,3-4,11,13-16H2,1-2H3. The molecule has 2 aromatic carbocycles. The molecule has 0 spiro atoms. The van der Waals surface area contributed by atoms with Gasteiger partial charge in [0.1, 0.15) is 24.3 Å². The van der Waals surface area contributed by atoms with E-state index in [1.807, 2.05) is 25.1 Å². The second-order valence-electron chi connectivity index (χ2n) is 7.67. The van der Waals surface area contributed by atoms with Crippen LogP contribution in [-0.2, 0) is 11.3 Å². The normalized spacial score (nSPS) is 17.8. The van der Waals surface area contributed by atoms with Crippen molar-refractivity contribution in [2.24, 2.45) is 0 Å². The summed E-state index contributed by atoms with van der Waals surface area (Å²) in [6, 6.07) is 12.5. The maximum absolute atomic E-state index is 13.2. The number of aliphatic hydroxyl groups excluding tert-OH is 1. The van der Waals surface area contributed by atoms with Crippen molar-refractivity contribution >= 4 is 0 Å². The molecular weight excluding hydrogens is 357 g/mol. The van der Waals surface area contributed by atoms with Crippen molar-refractivity contribution in [3.05, 3.63) is 65.0 Å². The second kappa shape index (κ2) is 10.0. The Morgan fingerprint density at radius 3 is 2.64 bits per heavy atom. The van der Waals surface area contributed by atoms with Gasteiger partial charge in [0.15, 0.2) is 0 Å². The van der Waals surface area contributed by atoms with Crippen LogP contribution in [0.1, 0.15) is 29.5 Å². The molecule has 1 N–H and O–H groups in total. The number of rotatable bonds is 9. The van der Waals surface area contributed by atoms with E-state index in [4.69, 9.17) is 9.47 Å². The predicted molar refractivity (Wildman–Crippen MR) is 108 cm³/mol. The van der Waals surface area contributed by atoms with Crippen LogP contribution in [0, 0.1) is 19.7 Å². The van der Waals surface area contributed by atoms with Crippen LogP contribution in [0.25, 0.3) is 0 Å². The van der Waals surface area contributed by atoms with E-state index in [9.17, 15) is 9.50 Å². The number of nitrogens with zero attached hydrogens (tertiary/aromatic N) is 1. The maximum atomic E-state index is 13.2. The molecule has 2 atom stereocenters. The molecule has 2 aromatic rings. The molecule has 28 heavy (non-hydrogen) atoms. The smallest absolute Gasteiger partial charge is 0.123 e. The summed E-state index contributed by atoms with van der Waals surface area (Å²) in [6.45, 7) is 7.00. The van der Waals surface area contributed by atoms with Gasteiger partial charge in [0.2, 0.25) is 0 Å². The third-order valence-electron chi connectivity index (χ3n) is 5.19. The lowest BCUT2D eigenvalue weighted by atomic mass is 10.1. The number of halogens is 1. The molecule has 4 nitrogen and oxygen atoms in total. The third-order valence-corrected chi connectivity index (χ3v) is 5.19. The first-order valence-corrected chi connectivity index (χ1v) is 9.96. The predicted octanol–water partition coefficient (Wildman–Crippen LogP) is 3.86. The number of benzene rings is 2. The summed E-state index contributed by atoms with van der Waals surface area (Å²) < 4.78 is 24.7. The number of hydrogen-bond acceptors (Lipinski definition) is 4. The zero-order valence-electron chi connectivity index (χ0n) is 16.7. The number of aliphatic hydroxyl groups is 1. The van der Waals surface area contributed by atoms with Crippen molar-refractivity contribution in [1.82, 2.24) is 4.90 Å². The molecule has 0 radical (unpaired) electrons. The Hall–Kier alpha value is -1.95. The van der Waals surface area contributed by atoms with Gasteiger partial charge in [-0.1, -0.05) is 18.2 Å². The first-order chi connectivity index (χ1) is 13.5. The minimum Gasteiger partial charge on any atom is -0.491 e. The van der Waals surface area contributed by atoms with E-state index in [2.05, 4.69) is 11.8 Å². The number of ether oxygens (including phenoxy) is 2. The molecule has 0 aromatic heterocycles. The highest BCUT2D eigenvalue weighted by molar-refractivity contribution is 5.33. The molecule has 0 saturated carbocycles. The lowest BCUT2D eigenvalue weighted by Crippen LogP contribution is -2.39. The lowest BCUT2D eigenvalue weighted by Gasteiger charge is -2.27. The molecular formula is C23H30FNO3. The van der Waals surface area contributed by atoms with Crippen LogP contribution in [0.15, 0.2) is 42.5 Å². The van der Waals surface area contributed by atoms with Crippen LogP contribution >= 0.6 is 0 Å². The molecule has 152 valence electrons. The Labute approximate surface area is 166 Å². The highest BCUT2D eigenvalue weighted by Crippen LogP contribution is 2.18. The Balaban J connectivity index is 1.56. The van der Waals surface area contributed by atoms with Gasteiger partial charge in [0.25, 0.3) is 0 Å². The first kappa shape index (κ1) is 20.8. The van der Waals surface area contributed by atoms with Gasteiger partial charge in [-0.25, -0.2) is 4.39 Å². The molecule has 1 aliphatic heterocycles. The van der Waals surface area contributed by atoms with Crippen molar-refractivity contribution in [2.75, 3.05) is 26.3 Å². The Bertz CT molecular complexity index is 744. The number of aryl methyl sites for hydroxylation is 2. The fourth-order valence-corrected chi connectivity index (χ4v) is 3.47. The summed E-state index contributed by atoms with van der Waals surface area (Å²) in [7, 11) is 0. The van der Waals surface area contributed by atoms with Crippen molar-refractivity contribution in [2.45, 2.75) is 45.4 Å². The van der Waals surface area contributed by atoms with E-state index in [0.29, 0.717) is 13.1 Å². The van der Waals surface area contributed by atoms with Crippen LogP contribution in [0.5, 0.6) is 5.75 Å². The van der Waals surface area contributed by atoms with Crippen LogP contribution in [0.2, 0.25) is 0 Å². The van der Waals surface area contributed by atoms with Crippen LogP contribution in [0.4, 0.5) is 4.39 Å². The first-order valence-electron chi connectivity index (χ1n) is 9.96. The maximum Gasteiger partial charge on any atom is 0.123 e. The monoisotopic (exact) mass is 387 g/mol. The highest BCUT2D eigenvalue weighted by Gasteiger charge is 2.21. The largest absolute Gasteiger partial charge is 0.491 e. The van der Waals surface area contributed by atoms with Gasteiger partial charge in [-0.3, -0.25) is 4.90 Å². The van der Waals surface area contributed by atoms with Crippen molar-refractivity contribution in [3.63, 3.8) is 0 Å². The summed E-state index contributed by atoms with van der Waals surface area (Å²) in [6.07, 6.45) is 1.68. The van der Waals surface area contributed by atoms with E-state index in [1.165, 1.54) is 23.3 Å².